The van der Waals surface area contributed by atoms with Crippen LogP contribution in [0.3, 0.4) is 0 Å². The van der Waals surface area contributed by atoms with Crippen molar-refractivity contribution in [2.24, 2.45) is 0 Å². The summed E-state index contributed by atoms with van der Waals surface area (Å²) in [5, 5.41) is 2.96. The zero-order valence-corrected chi connectivity index (χ0v) is 20.0. The number of nitrogens with one attached hydrogen (secondary N) is 1. The Labute approximate surface area is 202 Å². The van der Waals surface area contributed by atoms with Crippen LogP contribution in [0.15, 0.2) is 89.8 Å². The van der Waals surface area contributed by atoms with Crippen LogP contribution in [0.2, 0.25) is 0 Å². The molecule has 1 aliphatic heterocycles. The van der Waals surface area contributed by atoms with E-state index in [0.29, 0.717) is 18.0 Å². The molecule has 0 saturated carbocycles. The van der Waals surface area contributed by atoms with E-state index in [-0.39, 0.29) is 5.91 Å². The van der Waals surface area contributed by atoms with E-state index in [1.54, 1.807) is 34.6 Å². The second kappa shape index (κ2) is 11.3. The van der Waals surface area contributed by atoms with Crippen molar-refractivity contribution in [3.05, 3.63) is 102 Å². The van der Waals surface area contributed by atoms with Gasteiger partial charge in [-0.3, -0.25) is 4.79 Å². The summed E-state index contributed by atoms with van der Waals surface area (Å²) in [5.41, 5.74) is 3.76. The van der Waals surface area contributed by atoms with Crippen LogP contribution >= 0.6 is 0 Å². The molecule has 3 aromatic rings. The fourth-order valence-corrected chi connectivity index (χ4v) is 5.66. The lowest BCUT2D eigenvalue weighted by molar-refractivity contribution is -0.111. The number of nitrogens with zero attached hydrogens (tertiary/aromatic N) is 1. The average molecular weight is 475 g/mol. The molecule has 1 fully saturated rings. The monoisotopic (exact) mass is 474 g/mol. The molecule has 5 nitrogen and oxygen atoms in total. The van der Waals surface area contributed by atoms with Gasteiger partial charge in [0, 0.05) is 24.9 Å². The maximum Gasteiger partial charge on any atom is 0.248 e. The predicted molar refractivity (Wildman–Crippen MR) is 137 cm³/mol. The highest BCUT2D eigenvalue weighted by molar-refractivity contribution is 7.89. The maximum atomic E-state index is 12.9. The van der Waals surface area contributed by atoms with Gasteiger partial charge in [-0.15, -0.1) is 0 Å². The summed E-state index contributed by atoms with van der Waals surface area (Å²) in [7, 11) is -3.47. The Balaban J connectivity index is 1.40. The quantitative estimate of drug-likeness (QED) is 0.460. The average Bonchev–Trinajstić information content (AvgIpc) is 3.15. The summed E-state index contributed by atoms with van der Waals surface area (Å²) in [6.07, 6.45) is 7.86. The minimum Gasteiger partial charge on any atom is -0.322 e. The van der Waals surface area contributed by atoms with E-state index < -0.39 is 10.0 Å². The van der Waals surface area contributed by atoms with Gasteiger partial charge in [-0.2, -0.15) is 4.31 Å². The van der Waals surface area contributed by atoms with Crippen LogP contribution in [0.1, 0.15) is 42.4 Å². The van der Waals surface area contributed by atoms with Gasteiger partial charge >= 0.3 is 0 Å². The number of benzene rings is 3. The number of amides is 1. The number of carbonyl (C=O) groups excluding carboxylic acids is 1. The largest absolute Gasteiger partial charge is 0.322 e. The molecule has 1 N–H and O–H groups in total. The predicted octanol–water partition coefficient (Wildman–Crippen LogP) is 5.49. The molecular weight excluding hydrogens is 444 g/mol. The number of anilines is 1. The first kappa shape index (κ1) is 23.9. The fourth-order valence-electron chi connectivity index (χ4n) is 4.14. The summed E-state index contributed by atoms with van der Waals surface area (Å²) in [6.45, 7) is 1.16. The van der Waals surface area contributed by atoms with Crippen LogP contribution < -0.4 is 5.32 Å². The lowest BCUT2D eigenvalue weighted by Gasteiger charge is -2.19. The van der Waals surface area contributed by atoms with E-state index in [2.05, 4.69) is 17.4 Å². The molecule has 34 heavy (non-hydrogen) atoms. The molecule has 0 radical (unpaired) electrons. The molecule has 1 aliphatic rings. The van der Waals surface area contributed by atoms with Gasteiger partial charge in [0.1, 0.15) is 0 Å². The summed E-state index contributed by atoms with van der Waals surface area (Å²) in [6, 6.07) is 24.6. The molecule has 0 spiro atoms. The van der Waals surface area contributed by atoms with Crippen LogP contribution in [-0.4, -0.2) is 31.7 Å². The van der Waals surface area contributed by atoms with Crippen molar-refractivity contribution in [1.29, 1.82) is 0 Å². The number of para-hydroxylation sites is 1. The maximum absolute atomic E-state index is 12.9. The van der Waals surface area contributed by atoms with E-state index in [9.17, 15) is 13.2 Å². The van der Waals surface area contributed by atoms with Crippen molar-refractivity contribution in [1.82, 2.24) is 4.31 Å². The number of sulfonamides is 1. The minimum absolute atomic E-state index is 0.234. The lowest BCUT2D eigenvalue weighted by atomic mass is 10.0. The van der Waals surface area contributed by atoms with Crippen molar-refractivity contribution < 1.29 is 13.2 Å². The third-order valence-corrected chi connectivity index (χ3v) is 7.94. The zero-order chi connectivity index (χ0) is 23.8. The van der Waals surface area contributed by atoms with Gasteiger partial charge in [-0.05, 0) is 60.2 Å². The fraction of sp³-hybridized carbons (Fsp3) is 0.250. The van der Waals surface area contributed by atoms with Gasteiger partial charge in [0.25, 0.3) is 0 Å². The van der Waals surface area contributed by atoms with E-state index in [1.165, 1.54) is 11.6 Å². The van der Waals surface area contributed by atoms with E-state index >= 15 is 0 Å². The number of hydrogen-bond donors (Lipinski definition) is 1. The number of carbonyl (C=O) groups is 1. The highest BCUT2D eigenvalue weighted by Crippen LogP contribution is 2.22. The SMILES string of the molecule is O=C(/C=C/c1ccc(S(=O)(=O)N2CCCCCC2)cc1)Nc1ccccc1Cc1ccccc1. The Morgan fingerprint density at radius 2 is 1.47 bits per heavy atom. The van der Waals surface area contributed by atoms with Crippen molar-refractivity contribution >= 4 is 27.7 Å². The Hall–Kier alpha value is -3.22. The molecule has 0 aromatic heterocycles. The number of rotatable bonds is 7. The van der Waals surface area contributed by atoms with Gasteiger partial charge in [0.15, 0.2) is 0 Å². The molecule has 0 atom stereocenters. The van der Waals surface area contributed by atoms with Crippen LogP contribution in [-0.2, 0) is 21.2 Å². The van der Waals surface area contributed by atoms with Crippen molar-refractivity contribution in [2.45, 2.75) is 37.0 Å². The summed E-state index contributed by atoms with van der Waals surface area (Å²) in [5.74, 6) is -0.234. The Bertz CT molecular complexity index is 1230. The van der Waals surface area contributed by atoms with E-state index in [4.69, 9.17) is 0 Å². The first-order chi connectivity index (χ1) is 16.5. The lowest BCUT2D eigenvalue weighted by Crippen LogP contribution is -2.31. The molecule has 6 heteroatoms. The van der Waals surface area contributed by atoms with Crippen LogP contribution in [0.4, 0.5) is 5.69 Å². The Morgan fingerprint density at radius 3 is 2.18 bits per heavy atom. The topological polar surface area (TPSA) is 66.5 Å². The van der Waals surface area contributed by atoms with Crippen LogP contribution in [0.25, 0.3) is 6.08 Å². The second-order valence-electron chi connectivity index (χ2n) is 8.53. The van der Waals surface area contributed by atoms with E-state index in [1.807, 2.05) is 42.5 Å². The summed E-state index contributed by atoms with van der Waals surface area (Å²) in [4.78, 5) is 12.9. The molecule has 176 valence electrons. The molecule has 4 rings (SSSR count). The summed E-state index contributed by atoms with van der Waals surface area (Å²) < 4.78 is 27.4. The smallest absolute Gasteiger partial charge is 0.248 e. The molecule has 3 aromatic carbocycles. The van der Waals surface area contributed by atoms with Crippen molar-refractivity contribution in [2.75, 3.05) is 18.4 Å². The second-order valence-corrected chi connectivity index (χ2v) is 10.5. The molecular formula is C28H30N2O3S. The molecule has 0 unspecified atom stereocenters. The third kappa shape index (κ3) is 6.22. The van der Waals surface area contributed by atoms with Gasteiger partial charge in [-0.1, -0.05) is 73.5 Å². The van der Waals surface area contributed by atoms with Gasteiger partial charge in [-0.25, -0.2) is 8.42 Å². The van der Waals surface area contributed by atoms with Crippen LogP contribution in [0.5, 0.6) is 0 Å². The summed E-state index contributed by atoms with van der Waals surface area (Å²) >= 11 is 0. The van der Waals surface area contributed by atoms with Crippen molar-refractivity contribution in [3.8, 4) is 0 Å². The normalized spacial score (nSPS) is 15.2. The first-order valence-corrected chi connectivity index (χ1v) is 13.2. The third-order valence-electron chi connectivity index (χ3n) is 6.02. The van der Waals surface area contributed by atoms with Crippen molar-refractivity contribution in [3.63, 3.8) is 0 Å². The molecule has 1 amide bonds. The molecule has 0 bridgehead atoms. The van der Waals surface area contributed by atoms with Gasteiger partial charge in [0.05, 0.1) is 4.90 Å². The minimum atomic E-state index is -3.47. The molecule has 0 aliphatic carbocycles. The Kier molecular flexibility index (Phi) is 7.93. The standard InChI is InChI=1S/C28H30N2O3S/c31-28(29-27-13-7-6-12-25(27)22-24-10-4-3-5-11-24)19-16-23-14-17-26(18-15-23)34(32,33)30-20-8-1-2-9-21-30/h3-7,10-19H,1-2,8-9,20-22H2,(H,29,31)/b19-16+. The number of hydrogen-bond acceptors (Lipinski definition) is 3. The molecule has 1 saturated heterocycles. The highest BCUT2D eigenvalue weighted by atomic mass is 32.2. The highest BCUT2D eigenvalue weighted by Gasteiger charge is 2.24. The van der Waals surface area contributed by atoms with Gasteiger partial charge in [0.2, 0.25) is 15.9 Å². The zero-order valence-electron chi connectivity index (χ0n) is 19.2. The van der Waals surface area contributed by atoms with Crippen LogP contribution in [0, 0.1) is 0 Å². The Morgan fingerprint density at radius 1 is 0.824 bits per heavy atom. The van der Waals surface area contributed by atoms with E-state index in [0.717, 1.165) is 48.9 Å². The molecule has 1 heterocycles. The first-order valence-electron chi connectivity index (χ1n) is 11.7. The van der Waals surface area contributed by atoms with Gasteiger partial charge < -0.3 is 5.32 Å².